The van der Waals surface area contributed by atoms with E-state index in [2.05, 4.69) is 34.9 Å². The predicted molar refractivity (Wildman–Crippen MR) is 96.1 cm³/mol. The molecule has 0 radical (unpaired) electrons. The second-order valence-electron chi connectivity index (χ2n) is 6.51. The van der Waals surface area contributed by atoms with E-state index in [-0.39, 0.29) is 11.9 Å². The van der Waals surface area contributed by atoms with Crippen LogP contribution in [0, 0.1) is 13.8 Å². The predicted octanol–water partition coefficient (Wildman–Crippen LogP) is 4.23. The van der Waals surface area contributed by atoms with Crippen LogP contribution in [0.15, 0.2) is 36.4 Å². The van der Waals surface area contributed by atoms with Crippen molar-refractivity contribution >= 4 is 17.3 Å². The smallest absolute Gasteiger partial charge is 0.246 e. The van der Waals surface area contributed by atoms with Crippen molar-refractivity contribution in [1.82, 2.24) is 0 Å². The first-order chi connectivity index (χ1) is 11.0. The zero-order valence-electron chi connectivity index (χ0n) is 14.1. The molecule has 3 nitrogen and oxygen atoms in total. The topological polar surface area (TPSA) is 41.1 Å². The summed E-state index contributed by atoms with van der Waals surface area (Å²) in [6.45, 7) is 5.93. The zero-order chi connectivity index (χ0) is 16.4. The maximum Gasteiger partial charge on any atom is 0.246 e. The van der Waals surface area contributed by atoms with Crippen molar-refractivity contribution in [2.45, 2.75) is 46.1 Å². The molecule has 0 fully saturated rings. The van der Waals surface area contributed by atoms with Crippen molar-refractivity contribution in [1.29, 1.82) is 0 Å². The number of hydrogen-bond donors (Lipinski definition) is 2. The van der Waals surface area contributed by atoms with E-state index in [9.17, 15) is 4.79 Å². The van der Waals surface area contributed by atoms with Crippen LogP contribution in [-0.4, -0.2) is 11.9 Å². The minimum Gasteiger partial charge on any atom is -0.374 e. The van der Waals surface area contributed by atoms with Crippen LogP contribution in [0.5, 0.6) is 0 Å². The lowest BCUT2D eigenvalue weighted by molar-refractivity contribution is -0.116. The standard InChI is InChI=1S/C20H24N2O/c1-13-7-8-14(2)19(11-13)22-20(23)15(3)21-18-10-9-16-5-4-6-17(16)12-18/h7-12,15,21H,4-6H2,1-3H3,(H,22,23). The zero-order valence-corrected chi connectivity index (χ0v) is 14.1. The average molecular weight is 308 g/mol. The minimum absolute atomic E-state index is 0.0146. The SMILES string of the molecule is Cc1ccc(C)c(NC(=O)C(C)Nc2ccc3c(c2)CCC3)c1. The first-order valence-electron chi connectivity index (χ1n) is 8.29. The van der Waals surface area contributed by atoms with Crippen LogP contribution < -0.4 is 10.6 Å². The lowest BCUT2D eigenvalue weighted by Gasteiger charge is -2.17. The molecule has 23 heavy (non-hydrogen) atoms. The summed E-state index contributed by atoms with van der Waals surface area (Å²) in [6, 6.07) is 12.3. The Morgan fingerprint density at radius 3 is 2.65 bits per heavy atom. The molecule has 0 spiro atoms. The van der Waals surface area contributed by atoms with Crippen LogP contribution in [0.1, 0.15) is 35.6 Å². The minimum atomic E-state index is -0.283. The molecule has 0 bridgehead atoms. The third kappa shape index (κ3) is 3.55. The van der Waals surface area contributed by atoms with Crippen LogP contribution in [-0.2, 0) is 17.6 Å². The number of hydrogen-bond acceptors (Lipinski definition) is 2. The number of amides is 1. The Balaban J connectivity index is 1.67. The normalized spacial score (nSPS) is 14.2. The highest BCUT2D eigenvalue weighted by molar-refractivity contribution is 5.96. The highest BCUT2D eigenvalue weighted by Crippen LogP contribution is 2.25. The van der Waals surface area contributed by atoms with Crippen molar-refractivity contribution in [3.8, 4) is 0 Å². The first-order valence-corrected chi connectivity index (χ1v) is 8.29. The van der Waals surface area contributed by atoms with Gasteiger partial charge in [-0.2, -0.15) is 0 Å². The van der Waals surface area contributed by atoms with Crippen molar-refractivity contribution in [2.75, 3.05) is 10.6 Å². The summed E-state index contributed by atoms with van der Waals surface area (Å²) in [5.74, 6) is -0.0146. The van der Waals surface area contributed by atoms with Gasteiger partial charge in [0, 0.05) is 11.4 Å². The van der Waals surface area contributed by atoms with Crippen molar-refractivity contribution in [3.05, 3.63) is 58.7 Å². The van der Waals surface area contributed by atoms with E-state index < -0.39 is 0 Å². The fourth-order valence-electron chi connectivity index (χ4n) is 3.09. The molecule has 1 amide bonds. The number of anilines is 2. The third-order valence-corrected chi connectivity index (χ3v) is 4.53. The average Bonchev–Trinajstić information content (AvgIpc) is 2.98. The molecule has 0 saturated carbocycles. The Kier molecular flexibility index (Phi) is 4.37. The summed E-state index contributed by atoms with van der Waals surface area (Å²) in [4.78, 5) is 12.4. The Bertz CT molecular complexity index is 736. The molecule has 0 heterocycles. The monoisotopic (exact) mass is 308 g/mol. The van der Waals surface area contributed by atoms with Gasteiger partial charge in [0.1, 0.15) is 6.04 Å². The van der Waals surface area contributed by atoms with Crippen LogP contribution in [0.25, 0.3) is 0 Å². The fraction of sp³-hybridized carbons (Fsp3) is 0.350. The molecule has 3 rings (SSSR count). The molecule has 1 aliphatic rings. The summed E-state index contributed by atoms with van der Waals surface area (Å²) in [5.41, 5.74) is 6.99. The van der Waals surface area contributed by atoms with E-state index in [0.717, 1.165) is 28.9 Å². The van der Waals surface area contributed by atoms with Gasteiger partial charge in [-0.3, -0.25) is 4.79 Å². The van der Waals surface area contributed by atoms with Crippen molar-refractivity contribution < 1.29 is 4.79 Å². The Hall–Kier alpha value is -2.29. The quantitative estimate of drug-likeness (QED) is 0.887. The number of aryl methyl sites for hydroxylation is 4. The molecule has 0 aromatic heterocycles. The van der Waals surface area contributed by atoms with Gasteiger partial charge < -0.3 is 10.6 Å². The van der Waals surface area contributed by atoms with E-state index in [1.165, 1.54) is 24.0 Å². The maximum absolute atomic E-state index is 12.4. The Labute approximate surface area is 138 Å². The Morgan fingerprint density at radius 1 is 1.04 bits per heavy atom. The lowest BCUT2D eigenvalue weighted by atomic mass is 10.1. The van der Waals surface area contributed by atoms with Gasteiger partial charge in [0.05, 0.1) is 0 Å². The molecule has 3 heteroatoms. The molecule has 1 aliphatic carbocycles. The van der Waals surface area contributed by atoms with Crippen molar-refractivity contribution in [2.24, 2.45) is 0 Å². The van der Waals surface area contributed by atoms with Crippen LogP contribution in [0.2, 0.25) is 0 Å². The first kappa shape index (κ1) is 15.6. The summed E-state index contributed by atoms with van der Waals surface area (Å²) in [6.07, 6.45) is 3.56. The van der Waals surface area contributed by atoms with Crippen LogP contribution >= 0.6 is 0 Å². The van der Waals surface area contributed by atoms with Gasteiger partial charge in [0.15, 0.2) is 0 Å². The number of carbonyl (C=O) groups excluding carboxylic acids is 1. The highest BCUT2D eigenvalue weighted by atomic mass is 16.2. The summed E-state index contributed by atoms with van der Waals surface area (Å²) in [5, 5.41) is 6.34. The molecule has 2 aromatic rings. The highest BCUT2D eigenvalue weighted by Gasteiger charge is 2.16. The Morgan fingerprint density at radius 2 is 1.83 bits per heavy atom. The van der Waals surface area contributed by atoms with E-state index in [1.54, 1.807) is 0 Å². The van der Waals surface area contributed by atoms with Gasteiger partial charge >= 0.3 is 0 Å². The lowest BCUT2D eigenvalue weighted by Crippen LogP contribution is -2.32. The maximum atomic E-state index is 12.4. The van der Waals surface area contributed by atoms with Crippen LogP contribution in [0.4, 0.5) is 11.4 Å². The van der Waals surface area contributed by atoms with E-state index in [1.807, 2.05) is 32.9 Å². The van der Waals surface area contributed by atoms with Gasteiger partial charge in [0.25, 0.3) is 0 Å². The third-order valence-electron chi connectivity index (χ3n) is 4.53. The largest absolute Gasteiger partial charge is 0.374 e. The number of rotatable bonds is 4. The molecule has 2 aromatic carbocycles. The number of benzene rings is 2. The van der Waals surface area contributed by atoms with Crippen molar-refractivity contribution in [3.63, 3.8) is 0 Å². The van der Waals surface area contributed by atoms with Gasteiger partial charge in [-0.15, -0.1) is 0 Å². The van der Waals surface area contributed by atoms with E-state index >= 15 is 0 Å². The molecule has 2 N–H and O–H groups in total. The molecular formula is C20H24N2O. The molecular weight excluding hydrogens is 284 g/mol. The molecule has 0 saturated heterocycles. The number of fused-ring (bicyclic) bond motifs is 1. The second kappa shape index (κ2) is 6.45. The molecule has 0 aliphatic heterocycles. The van der Waals surface area contributed by atoms with E-state index in [4.69, 9.17) is 0 Å². The van der Waals surface area contributed by atoms with Gasteiger partial charge in [-0.1, -0.05) is 18.2 Å². The number of carbonyl (C=O) groups is 1. The number of nitrogens with one attached hydrogen (secondary N) is 2. The van der Waals surface area contributed by atoms with Gasteiger partial charge in [-0.05, 0) is 80.5 Å². The summed E-state index contributed by atoms with van der Waals surface area (Å²) >= 11 is 0. The van der Waals surface area contributed by atoms with Gasteiger partial charge in [-0.25, -0.2) is 0 Å². The molecule has 120 valence electrons. The van der Waals surface area contributed by atoms with Crippen LogP contribution in [0.3, 0.4) is 0 Å². The molecule has 1 atom stereocenters. The van der Waals surface area contributed by atoms with E-state index in [0.29, 0.717) is 0 Å². The fourth-order valence-corrected chi connectivity index (χ4v) is 3.09. The summed E-state index contributed by atoms with van der Waals surface area (Å²) < 4.78 is 0. The second-order valence-corrected chi connectivity index (χ2v) is 6.51. The molecule has 1 unspecified atom stereocenters. The van der Waals surface area contributed by atoms with Gasteiger partial charge in [0.2, 0.25) is 5.91 Å². The summed E-state index contributed by atoms with van der Waals surface area (Å²) in [7, 11) is 0.